The Hall–Kier alpha value is -1.13. The van der Waals surface area contributed by atoms with Crippen molar-refractivity contribution in [3.63, 3.8) is 0 Å². The largest absolute Gasteiger partial charge is 0.308 e. The molecule has 3 nitrogen and oxygen atoms in total. The van der Waals surface area contributed by atoms with Crippen molar-refractivity contribution >= 4 is 18.5 Å². The first kappa shape index (κ1) is 14.9. The molecular weight excluding hydrogens is 242 g/mol. The zero-order valence-corrected chi connectivity index (χ0v) is 12.2. The summed E-state index contributed by atoms with van der Waals surface area (Å²) >= 11 is 1.81. The fourth-order valence-corrected chi connectivity index (χ4v) is 2.30. The van der Waals surface area contributed by atoms with Gasteiger partial charge in [-0.25, -0.2) is 0 Å². The third kappa shape index (κ3) is 5.02. The topological polar surface area (TPSA) is 37.3 Å². The average Bonchev–Trinajstić information content (AvgIpc) is 2.39. The zero-order valence-electron chi connectivity index (χ0n) is 11.4. The summed E-state index contributed by atoms with van der Waals surface area (Å²) < 4.78 is 0. The Morgan fingerprint density at radius 2 is 2.28 bits per heavy atom. The van der Waals surface area contributed by atoms with Crippen molar-refractivity contribution in [3.05, 3.63) is 40.2 Å². The first-order chi connectivity index (χ1) is 8.67. The fraction of sp³-hybridized carbons (Fsp3) is 0.429. The monoisotopic (exact) mass is 263 g/mol. The van der Waals surface area contributed by atoms with Gasteiger partial charge in [0.2, 0.25) is 0 Å². The number of hydrogen-bond donors (Lipinski definition) is 1. The van der Waals surface area contributed by atoms with Gasteiger partial charge in [0.25, 0.3) is 0 Å². The lowest BCUT2D eigenvalue weighted by Gasteiger charge is -2.09. The molecule has 0 aliphatic heterocycles. The third-order valence-electron chi connectivity index (χ3n) is 2.55. The van der Waals surface area contributed by atoms with Crippen LogP contribution in [0.3, 0.4) is 0 Å². The molecular formula is C14H21N3S. The minimum absolute atomic E-state index is 0.825. The molecule has 0 saturated heterocycles. The zero-order chi connectivity index (χ0) is 13.4. The minimum Gasteiger partial charge on any atom is -0.308 e. The fourth-order valence-electron chi connectivity index (χ4n) is 1.47. The molecule has 0 radical (unpaired) electrons. The molecule has 4 heteroatoms. The van der Waals surface area contributed by atoms with Crippen LogP contribution >= 0.6 is 11.8 Å². The highest BCUT2D eigenvalue weighted by Gasteiger charge is 2.02. The summed E-state index contributed by atoms with van der Waals surface area (Å²) in [6.45, 7) is 11.4. The number of aryl methyl sites for hydroxylation is 1. The van der Waals surface area contributed by atoms with Crippen molar-refractivity contribution in [2.24, 2.45) is 4.99 Å². The van der Waals surface area contributed by atoms with Gasteiger partial charge in [-0.05, 0) is 37.9 Å². The Kier molecular flexibility index (Phi) is 6.68. The number of allylic oxidation sites excluding steroid dienone is 1. The van der Waals surface area contributed by atoms with Gasteiger partial charge < -0.3 is 5.32 Å². The SMILES string of the molecule is C=N/C(C)=C(/CNCc1ccc(C)nc1)SCC. The van der Waals surface area contributed by atoms with E-state index in [1.807, 2.05) is 37.9 Å². The molecule has 0 aromatic carbocycles. The van der Waals surface area contributed by atoms with Gasteiger partial charge >= 0.3 is 0 Å². The second-order valence-corrected chi connectivity index (χ2v) is 5.37. The van der Waals surface area contributed by atoms with Crippen molar-refractivity contribution in [3.8, 4) is 0 Å². The second kappa shape index (κ2) is 8.06. The maximum Gasteiger partial charge on any atom is 0.0473 e. The van der Waals surface area contributed by atoms with Crippen molar-refractivity contribution in [1.29, 1.82) is 0 Å². The van der Waals surface area contributed by atoms with Gasteiger partial charge in [0.05, 0.1) is 0 Å². The molecule has 1 rings (SSSR count). The van der Waals surface area contributed by atoms with Gasteiger partial charge in [0.1, 0.15) is 0 Å². The average molecular weight is 263 g/mol. The summed E-state index contributed by atoms with van der Waals surface area (Å²) in [5.74, 6) is 1.05. The van der Waals surface area contributed by atoms with Gasteiger partial charge in [-0.2, -0.15) is 0 Å². The van der Waals surface area contributed by atoms with E-state index in [4.69, 9.17) is 0 Å². The number of nitrogens with one attached hydrogen (secondary N) is 1. The molecule has 0 aliphatic rings. The maximum atomic E-state index is 4.28. The predicted molar refractivity (Wildman–Crippen MR) is 81.1 cm³/mol. The standard InChI is InChI=1S/C14H21N3S/c1-5-18-14(12(3)15-4)10-16-8-13-7-6-11(2)17-9-13/h6-7,9,16H,4-5,8,10H2,1-3H3/b14-12-. The maximum absolute atomic E-state index is 4.28. The van der Waals surface area contributed by atoms with Crippen molar-refractivity contribution in [2.75, 3.05) is 12.3 Å². The molecule has 0 unspecified atom stereocenters. The summed E-state index contributed by atoms with van der Waals surface area (Å²) in [5.41, 5.74) is 3.26. The molecule has 98 valence electrons. The number of pyridine rings is 1. The van der Waals surface area contributed by atoms with E-state index >= 15 is 0 Å². The number of hydrogen-bond acceptors (Lipinski definition) is 4. The summed E-state index contributed by atoms with van der Waals surface area (Å²) in [4.78, 5) is 9.54. The normalized spacial score (nSPS) is 12.2. The highest BCUT2D eigenvalue weighted by Crippen LogP contribution is 2.19. The van der Waals surface area contributed by atoms with E-state index in [0.717, 1.165) is 30.2 Å². The molecule has 0 atom stereocenters. The Morgan fingerprint density at radius 3 is 2.83 bits per heavy atom. The minimum atomic E-state index is 0.825. The first-order valence-electron chi connectivity index (χ1n) is 6.09. The Bertz CT molecular complexity index is 410. The van der Waals surface area contributed by atoms with Crippen LogP contribution in [-0.4, -0.2) is 24.0 Å². The van der Waals surface area contributed by atoms with Crippen LogP contribution in [0.4, 0.5) is 0 Å². The first-order valence-corrected chi connectivity index (χ1v) is 7.07. The quantitative estimate of drug-likeness (QED) is 0.768. The summed E-state index contributed by atoms with van der Waals surface area (Å²) in [7, 11) is 0. The van der Waals surface area contributed by atoms with E-state index in [0.29, 0.717) is 0 Å². The van der Waals surface area contributed by atoms with E-state index in [2.05, 4.69) is 35.0 Å². The molecule has 0 fully saturated rings. The van der Waals surface area contributed by atoms with Crippen molar-refractivity contribution in [1.82, 2.24) is 10.3 Å². The number of thioether (sulfide) groups is 1. The number of aliphatic imine (C=N–C) groups is 1. The van der Waals surface area contributed by atoms with Crippen LogP contribution in [0, 0.1) is 6.92 Å². The van der Waals surface area contributed by atoms with Crippen LogP contribution in [-0.2, 0) is 6.54 Å². The van der Waals surface area contributed by atoms with Crippen LogP contribution in [0.1, 0.15) is 25.1 Å². The van der Waals surface area contributed by atoms with E-state index in [1.165, 1.54) is 10.5 Å². The number of nitrogens with zero attached hydrogens (tertiary/aromatic N) is 2. The molecule has 1 N–H and O–H groups in total. The number of rotatable bonds is 7. The van der Waals surface area contributed by atoms with Gasteiger partial charge in [-0.1, -0.05) is 13.0 Å². The Labute approximate surface area is 114 Å². The van der Waals surface area contributed by atoms with E-state index in [1.54, 1.807) is 0 Å². The lowest BCUT2D eigenvalue weighted by Crippen LogP contribution is -2.16. The van der Waals surface area contributed by atoms with Crippen LogP contribution < -0.4 is 5.32 Å². The van der Waals surface area contributed by atoms with Crippen molar-refractivity contribution in [2.45, 2.75) is 27.3 Å². The van der Waals surface area contributed by atoms with Crippen molar-refractivity contribution < 1.29 is 0 Å². The highest BCUT2D eigenvalue weighted by atomic mass is 32.2. The molecule has 1 aromatic rings. The predicted octanol–water partition coefficient (Wildman–Crippen LogP) is 3.16. The smallest absolute Gasteiger partial charge is 0.0473 e. The lowest BCUT2D eigenvalue weighted by molar-refractivity contribution is 0.748. The van der Waals surface area contributed by atoms with E-state index in [-0.39, 0.29) is 0 Å². The van der Waals surface area contributed by atoms with Gasteiger partial charge in [-0.3, -0.25) is 9.98 Å². The van der Waals surface area contributed by atoms with Crippen LogP contribution in [0.25, 0.3) is 0 Å². The van der Waals surface area contributed by atoms with Crippen LogP contribution in [0.15, 0.2) is 33.9 Å². The molecule has 0 spiro atoms. The highest BCUT2D eigenvalue weighted by molar-refractivity contribution is 8.03. The van der Waals surface area contributed by atoms with Crippen LogP contribution in [0.2, 0.25) is 0 Å². The summed E-state index contributed by atoms with van der Waals surface area (Å²) in [6, 6.07) is 4.13. The van der Waals surface area contributed by atoms with Crippen LogP contribution in [0.5, 0.6) is 0 Å². The molecule has 0 amide bonds. The Morgan fingerprint density at radius 1 is 1.50 bits per heavy atom. The molecule has 1 heterocycles. The number of aromatic nitrogens is 1. The van der Waals surface area contributed by atoms with Gasteiger partial charge in [-0.15, -0.1) is 11.8 Å². The molecule has 1 aromatic heterocycles. The molecule has 0 bridgehead atoms. The molecule has 0 saturated carbocycles. The third-order valence-corrected chi connectivity index (χ3v) is 3.62. The molecule has 0 aliphatic carbocycles. The van der Waals surface area contributed by atoms with Gasteiger partial charge in [0.15, 0.2) is 0 Å². The van der Waals surface area contributed by atoms with E-state index < -0.39 is 0 Å². The van der Waals surface area contributed by atoms with Gasteiger partial charge in [0, 0.05) is 35.6 Å². The molecule has 18 heavy (non-hydrogen) atoms. The second-order valence-electron chi connectivity index (χ2n) is 4.01. The summed E-state index contributed by atoms with van der Waals surface area (Å²) in [5, 5.41) is 3.41. The van der Waals surface area contributed by atoms with E-state index in [9.17, 15) is 0 Å². The Balaban J connectivity index is 2.49. The summed E-state index contributed by atoms with van der Waals surface area (Å²) in [6.07, 6.45) is 1.91. The lowest BCUT2D eigenvalue weighted by atomic mass is 10.2.